The van der Waals surface area contributed by atoms with Gasteiger partial charge < -0.3 is 15.8 Å². The molecule has 27 heavy (non-hydrogen) atoms. The van der Waals surface area contributed by atoms with Gasteiger partial charge in [-0.3, -0.25) is 4.79 Å². The Hall–Kier alpha value is -1.88. The number of anilines is 1. The van der Waals surface area contributed by atoms with Crippen LogP contribution in [0.5, 0.6) is 0 Å². The topological polar surface area (TPSA) is 64.4 Å². The molecule has 3 N–H and O–H groups in total. The Morgan fingerprint density at radius 1 is 1.07 bits per heavy atom. The van der Waals surface area contributed by atoms with Gasteiger partial charge in [-0.05, 0) is 43.0 Å². The fourth-order valence-electron chi connectivity index (χ4n) is 3.56. The van der Waals surface area contributed by atoms with Crippen LogP contribution in [0, 0.1) is 5.92 Å². The molecule has 1 amide bonds. The van der Waals surface area contributed by atoms with Crippen molar-refractivity contribution in [1.82, 2.24) is 0 Å². The molecular weight excluding hydrogens is 360 g/mol. The largest absolute Gasteiger partial charge is 0.372 e. The maximum atomic E-state index is 12.6. The molecule has 1 aliphatic rings. The molecule has 1 aliphatic carbocycles. The number of amides is 1. The van der Waals surface area contributed by atoms with Crippen LogP contribution in [0.3, 0.4) is 0 Å². The lowest BCUT2D eigenvalue weighted by Gasteiger charge is -2.37. The van der Waals surface area contributed by atoms with Crippen LogP contribution in [0.15, 0.2) is 54.6 Å². The molecule has 146 valence electrons. The van der Waals surface area contributed by atoms with E-state index in [-0.39, 0.29) is 24.2 Å². The predicted octanol–water partition coefficient (Wildman–Crippen LogP) is 4.67. The van der Waals surface area contributed by atoms with E-state index in [9.17, 15) is 4.79 Å². The molecule has 0 aromatic heterocycles. The average molecular weight is 389 g/mol. The first kappa shape index (κ1) is 21.4. The zero-order chi connectivity index (χ0) is 18.4. The minimum Gasteiger partial charge on any atom is -0.372 e. The van der Waals surface area contributed by atoms with Crippen molar-refractivity contribution >= 4 is 24.0 Å². The number of carbonyl (C=O) groups is 1. The highest BCUT2D eigenvalue weighted by Crippen LogP contribution is 2.32. The second-order valence-electron chi connectivity index (χ2n) is 7.47. The molecule has 1 fully saturated rings. The van der Waals surface area contributed by atoms with Crippen molar-refractivity contribution in [3.63, 3.8) is 0 Å². The van der Waals surface area contributed by atoms with Gasteiger partial charge in [0.25, 0.3) is 0 Å². The Bertz CT molecular complexity index is 717. The Labute approximate surface area is 167 Å². The third kappa shape index (κ3) is 6.06. The molecule has 2 unspecified atom stereocenters. The molecule has 2 aromatic carbocycles. The maximum absolute atomic E-state index is 12.6. The van der Waals surface area contributed by atoms with E-state index < -0.39 is 5.54 Å². The predicted molar refractivity (Wildman–Crippen MR) is 112 cm³/mol. The molecule has 2 aromatic rings. The second-order valence-corrected chi connectivity index (χ2v) is 7.47. The van der Waals surface area contributed by atoms with Crippen LogP contribution >= 0.6 is 12.4 Å². The summed E-state index contributed by atoms with van der Waals surface area (Å²) in [7, 11) is 0. The van der Waals surface area contributed by atoms with Crippen LogP contribution in [0.2, 0.25) is 0 Å². The Kier molecular flexibility index (Phi) is 7.84. The summed E-state index contributed by atoms with van der Waals surface area (Å²) in [4.78, 5) is 12.6. The second kappa shape index (κ2) is 9.88. The van der Waals surface area contributed by atoms with E-state index in [1.54, 1.807) is 0 Å². The van der Waals surface area contributed by atoms with Gasteiger partial charge in [-0.15, -0.1) is 12.4 Å². The van der Waals surface area contributed by atoms with Crippen molar-refractivity contribution in [1.29, 1.82) is 0 Å². The number of halogens is 1. The van der Waals surface area contributed by atoms with Crippen LogP contribution in [0.25, 0.3) is 0 Å². The van der Waals surface area contributed by atoms with Crippen LogP contribution in [0.1, 0.15) is 43.7 Å². The van der Waals surface area contributed by atoms with E-state index in [2.05, 4.69) is 17.4 Å². The molecule has 0 saturated heterocycles. The minimum atomic E-state index is -0.409. The van der Waals surface area contributed by atoms with Crippen LogP contribution in [0.4, 0.5) is 5.69 Å². The summed E-state index contributed by atoms with van der Waals surface area (Å²) in [5.41, 5.74) is 8.97. The van der Waals surface area contributed by atoms with Gasteiger partial charge in [-0.1, -0.05) is 55.3 Å². The van der Waals surface area contributed by atoms with Crippen molar-refractivity contribution < 1.29 is 9.53 Å². The van der Waals surface area contributed by atoms with Gasteiger partial charge >= 0.3 is 0 Å². The molecule has 4 nitrogen and oxygen atoms in total. The maximum Gasteiger partial charge on any atom is 0.229 e. The summed E-state index contributed by atoms with van der Waals surface area (Å²) >= 11 is 0. The monoisotopic (exact) mass is 388 g/mol. The number of nitrogens with one attached hydrogen (secondary N) is 1. The number of nitrogens with two attached hydrogens (primary N) is 1. The number of hydrogen-bond acceptors (Lipinski definition) is 3. The van der Waals surface area contributed by atoms with Gasteiger partial charge in [0.05, 0.1) is 19.1 Å². The summed E-state index contributed by atoms with van der Waals surface area (Å²) < 4.78 is 5.75. The van der Waals surface area contributed by atoms with E-state index in [1.165, 1.54) is 0 Å². The van der Waals surface area contributed by atoms with E-state index in [0.29, 0.717) is 13.2 Å². The van der Waals surface area contributed by atoms with Crippen LogP contribution < -0.4 is 11.1 Å². The number of benzene rings is 2. The number of ether oxygens (including phenoxy) is 1. The van der Waals surface area contributed by atoms with Crippen molar-refractivity contribution in [3.8, 4) is 0 Å². The minimum absolute atomic E-state index is 0. The smallest absolute Gasteiger partial charge is 0.229 e. The van der Waals surface area contributed by atoms with Gasteiger partial charge in [0, 0.05) is 11.2 Å². The fraction of sp³-hybridized carbons (Fsp3) is 0.409. The molecule has 0 spiro atoms. The van der Waals surface area contributed by atoms with Crippen LogP contribution in [-0.4, -0.2) is 11.4 Å². The van der Waals surface area contributed by atoms with E-state index in [4.69, 9.17) is 10.5 Å². The number of rotatable bonds is 6. The third-order valence-corrected chi connectivity index (χ3v) is 5.17. The summed E-state index contributed by atoms with van der Waals surface area (Å²) in [6.07, 6.45) is 3.95. The van der Waals surface area contributed by atoms with Gasteiger partial charge in [0.1, 0.15) is 0 Å². The quantitative estimate of drug-likeness (QED) is 0.755. The SMILES string of the molecule is CC1(N)CCCCC1C(=O)Nc1ccc(COCc2ccccc2)cc1.Cl. The fourth-order valence-corrected chi connectivity index (χ4v) is 3.56. The first-order chi connectivity index (χ1) is 12.5. The van der Waals surface area contributed by atoms with Gasteiger partial charge in [0.2, 0.25) is 5.91 Å². The van der Waals surface area contributed by atoms with Gasteiger partial charge in [0.15, 0.2) is 0 Å². The zero-order valence-corrected chi connectivity index (χ0v) is 16.6. The molecular formula is C22H29ClN2O2. The Morgan fingerprint density at radius 3 is 2.33 bits per heavy atom. The molecule has 0 heterocycles. The molecule has 3 rings (SSSR count). The molecule has 0 radical (unpaired) electrons. The van der Waals surface area contributed by atoms with Gasteiger partial charge in [-0.2, -0.15) is 0 Å². The first-order valence-electron chi connectivity index (χ1n) is 9.35. The standard InChI is InChI=1S/C22H28N2O2.ClH/c1-22(23)14-6-5-9-20(22)21(25)24-19-12-10-18(11-13-19)16-26-15-17-7-3-2-4-8-17;/h2-4,7-8,10-13,20H,5-6,9,14-16,23H2,1H3,(H,24,25);1H. The molecule has 5 heteroatoms. The highest BCUT2D eigenvalue weighted by molar-refractivity contribution is 5.93. The van der Waals surface area contributed by atoms with Crippen LogP contribution in [-0.2, 0) is 22.7 Å². The number of carbonyl (C=O) groups excluding carboxylic acids is 1. The molecule has 1 saturated carbocycles. The average Bonchev–Trinajstić information content (AvgIpc) is 2.63. The first-order valence-corrected chi connectivity index (χ1v) is 9.35. The lowest BCUT2D eigenvalue weighted by Crippen LogP contribution is -2.51. The third-order valence-electron chi connectivity index (χ3n) is 5.17. The summed E-state index contributed by atoms with van der Waals surface area (Å²) in [6.45, 7) is 3.13. The lowest BCUT2D eigenvalue weighted by molar-refractivity contribution is -0.122. The molecule has 2 atom stereocenters. The zero-order valence-electron chi connectivity index (χ0n) is 15.8. The highest BCUT2D eigenvalue weighted by atomic mass is 35.5. The summed E-state index contributed by atoms with van der Waals surface area (Å²) in [5, 5.41) is 3.02. The van der Waals surface area contributed by atoms with E-state index >= 15 is 0 Å². The summed E-state index contributed by atoms with van der Waals surface area (Å²) in [6, 6.07) is 17.9. The van der Waals surface area contributed by atoms with E-state index in [1.807, 2.05) is 49.4 Å². The number of hydrogen-bond donors (Lipinski definition) is 2. The van der Waals surface area contributed by atoms with Gasteiger partial charge in [-0.25, -0.2) is 0 Å². The molecule has 0 bridgehead atoms. The van der Waals surface area contributed by atoms with E-state index in [0.717, 1.165) is 42.5 Å². The normalized spacial score (nSPS) is 21.9. The Morgan fingerprint density at radius 2 is 1.70 bits per heavy atom. The van der Waals surface area contributed by atoms with Crippen molar-refractivity contribution in [2.45, 2.75) is 51.4 Å². The van der Waals surface area contributed by atoms with Crippen molar-refractivity contribution in [2.24, 2.45) is 11.7 Å². The Balaban J connectivity index is 0.00000261. The summed E-state index contributed by atoms with van der Waals surface area (Å²) in [5.74, 6) is -0.0899. The highest BCUT2D eigenvalue weighted by Gasteiger charge is 2.37. The molecule has 0 aliphatic heterocycles. The van der Waals surface area contributed by atoms with Crippen molar-refractivity contribution in [2.75, 3.05) is 5.32 Å². The van der Waals surface area contributed by atoms with Crippen molar-refractivity contribution in [3.05, 3.63) is 65.7 Å². The lowest BCUT2D eigenvalue weighted by atomic mass is 9.74.